The standard InChI is InChI=1S/C10H4ClF3N2O3S/c11-4-1-2-6(5(3-4)7(17)18)19-9-16-15-8(20-9)10(12,13)14/h1-3H,(H,17,18). The zero-order valence-corrected chi connectivity index (χ0v) is 10.9. The lowest BCUT2D eigenvalue weighted by molar-refractivity contribution is -0.138. The Labute approximate surface area is 118 Å². The number of ether oxygens (including phenoxy) is 1. The molecule has 0 atom stereocenters. The van der Waals surface area contributed by atoms with E-state index >= 15 is 0 Å². The first-order valence-corrected chi connectivity index (χ1v) is 6.08. The molecule has 0 aliphatic carbocycles. The minimum absolute atomic E-state index is 0.156. The molecule has 0 bridgehead atoms. The van der Waals surface area contributed by atoms with Gasteiger partial charge in [0.25, 0.3) is 5.19 Å². The molecular formula is C10H4ClF3N2O3S. The molecule has 1 heterocycles. The van der Waals surface area contributed by atoms with Crippen molar-refractivity contribution in [1.29, 1.82) is 0 Å². The van der Waals surface area contributed by atoms with Crippen molar-refractivity contribution in [3.63, 3.8) is 0 Å². The van der Waals surface area contributed by atoms with Crippen molar-refractivity contribution in [2.75, 3.05) is 0 Å². The molecule has 0 aliphatic rings. The predicted octanol–water partition coefficient (Wildman–Crippen LogP) is 3.70. The third-order valence-electron chi connectivity index (χ3n) is 2.02. The number of carboxylic acid groups (broad SMARTS) is 1. The summed E-state index contributed by atoms with van der Waals surface area (Å²) in [5.74, 6) is -1.50. The van der Waals surface area contributed by atoms with Crippen LogP contribution in [-0.4, -0.2) is 21.3 Å². The molecule has 106 valence electrons. The van der Waals surface area contributed by atoms with Crippen LogP contribution in [0.1, 0.15) is 15.4 Å². The molecule has 20 heavy (non-hydrogen) atoms. The first-order chi connectivity index (χ1) is 9.27. The molecule has 2 aromatic rings. The summed E-state index contributed by atoms with van der Waals surface area (Å²) in [5, 5.41) is 13.6. The zero-order valence-electron chi connectivity index (χ0n) is 9.31. The highest BCUT2D eigenvalue weighted by Crippen LogP contribution is 2.36. The summed E-state index contributed by atoms with van der Waals surface area (Å²) in [5.41, 5.74) is -0.291. The zero-order chi connectivity index (χ0) is 14.9. The molecule has 0 saturated carbocycles. The Kier molecular flexibility index (Phi) is 3.82. The lowest BCUT2D eigenvalue weighted by Crippen LogP contribution is -2.03. The summed E-state index contributed by atoms with van der Waals surface area (Å²) in [4.78, 5) is 11.0. The van der Waals surface area contributed by atoms with Crippen molar-refractivity contribution in [2.45, 2.75) is 6.18 Å². The second-order valence-electron chi connectivity index (χ2n) is 3.42. The summed E-state index contributed by atoms with van der Waals surface area (Å²) in [6, 6.07) is 3.68. The van der Waals surface area contributed by atoms with Gasteiger partial charge < -0.3 is 9.84 Å². The number of nitrogens with zero attached hydrogens (tertiary/aromatic N) is 2. The van der Waals surface area contributed by atoms with Crippen LogP contribution >= 0.6 is 22.9 Å². The van der Waals surface area contributed by atoms with Crippen LogP contribution in [0.2, 0.25) is 5.02 Å². The fourth-order valence-corrected chi connectivity index (χ4v) is 1.97. The molecule has 0 unspecified atom stereocenters. The highest BCUT2D eigenvalue weighted by molar-refractivity contribution is 7.13. The number of rotatable bonds is 3. The number of carboxylic acids is 1. The third-order valence-corrected chi connectivity index (χ3v) is 3.10. The number of benzene rings is 1. The van der Waals surface area contributed by atoms with Gasteiger partial charge in [-0.25, -0.2) is 4.79 Å². The van der Waals surface area contributed by atoms with Gasteiger partial charge in [0.1, 0.15) is 11.3 Å². The number of aromatic carboxylic acids is 1. The maximum atomic E-state index is 12.3. The monoisotopic (exact) mass is 324 g/mol. The van der Waals surface area contributed by atoms with Gasteiger partial charge in [-0.1, -0.05) is 28.0 Å². The van der Waals surface area contributed by atoms with E-state index in [1.54, 1.807) is 0 Å². The van der Waals surface area contributed by atoms with Gasteiger partial charge in [0.05, 0.1) is 0 Å². The Balaban J connectivity index is 2.31. The highest BCUT2D eigenvalue weighted by atomic mass is 35.5. The van der Waals surface area contributed by atoms with E-state index < -0.39 is 22.3 Å². The second-order valence-corrected chi connectivity index (χ2v) is 4.80. The number of aromatic nitrogens is 2. The van der Waals surface area contributed by atoms with E-state index in [1.165, 1.54) is 12.1 Å². The van der Waals surface area contributed by atoms with Gasteiger partial charge >= 0.3 is 12.1 Å². The Bertz CT molecular complexity index is 659. The van der Waals surface area contributed by atoms with Gasteiger partial charge in [0, 0.05) is 5.02 Å². The average Bonchev–Trinajstić information content (AvgIpc) is 2.79. The molecule has 5 nitrogen and oxygen atoms in total. The summed E-state index contributed by atoms with van der Waals surface area (Å²) < 4.78 is 42.0. The lowest BCUT2D eigenvalue weighted by Gasteiger charge is -2.05. The summed E-state index contributed by atoms with van der Waals surface area (Å²) in [7, 11) is 0. The van der Waals surface area contributed by atoms with E-state index in [9.17, 15) is 18.0 Å². The van der Waals surface area contributed by atoms with Crippen LogP contribution in [0.3, 0.4) is 0 Å². The fourth-order valence-electron chi connectivity index (χ4n) is 1.22. The third kappa shape index (κ3) is 3.17. The number of halogens is 4. The Morgan fingerprint density at radius 1 is 1.35 bits per heavy atom. The average molecular weight is 325 g/mol. The first kappa shape index (κ1) is 14.5. The van der Waals surface area contributed by atoms with Crippen molar-refractivity contribution in [3.8, 4) is 10.9 Å². The molecule has 0 radical (unpaired) electrons. The Morgan fingerprint density at radius 3 is 2.60 bits per heavy atom. The van der Waals surface area contributed by atoms with Crippen molar-refractivity contribution < 1.29 is 27.8 Å². The maximum absolute atomic E-state index is 12.3. The molecular weight excluding hydrogens is 321 g/mol. The molecule has 1 aromatic heterocycles. The molecule has 0 spiro atoms. The molecule has 1 N–H and O–H groups in total. The number of hydrogen-bond donors (Lipinski definition) is 1. The van der Waals surface area contributed by atoms with E-state index in [0.717, 1.165) is 6.07 Å². The molecule has 1 aromatic carbocycles. The van der Waals surface area contributed by atoms with Gasteiger partial charge in [0.2, 0.25) is 5.01 Å². The number of carbonyl (C=O) groups is 1. The van der Waals surface area contributed by atoms with Crippen LogP contribution in [0.4, 0.5) is 13.2 Å². The largest absolute Gasteiger partial charge is 0.478 e. The van der Waals surface area contributed by atoms with Crippen LogP contribution in [0.5, 0.6) is 10.9 Å². The predicted molar refractivity (Wildman–Crippen MR) is 63.4 cm³/mol. The number of alkyl halides is 3. The van der Waals surface area contributed by atoms with Gasteiger partial charge in [-0.3, -0.25) is 0 Å². The summed E-state index contributed by atoms with van der Waals surface area (Å²) >= 11 is 5.80. The number of hydrogen-bond acceptors (Lipinski definition) is 5. The molecule has 2 rings (SSSR count). The maximum Gasteiger partial charge on any atom is 0.445 e. The van der Waals surface area contributed by atoms with Gasteiger partial charge in [-0.2, -0.15) is 13.2 Å². The van der Waals surface area contributed by atoms with Crippen LogP contribution in [-0.2, 0) is 6.18 Å². The molecule has 0 fully saturated rings. The minimum Gasteiger partial charge on any atom is -0.478 e. The highest BCUT2D eigenvalue weighted by Gasteiger charge is 2.36. The van der Waals surface area contributed by atoms with E-state index in [4.69, 9.17) is 21.4 Å². The van der Waals surface area contributed by atoms with Crippen LogP contribution < -0.4 is 4.74 Å². The fraction of sp³-hybridized carbons (Fsp3) is 0.100. The van der Waals surface area contributed by atoms with Crippen LogP contribution in [0.15, 0.2) is 18.2 Å². The van der Waals surface area contributed by atoms with E-state index in [0.29, 0.717) is 0 Å². The Hall–Kier alpha value is -1.87. The second kappa shape index (κ2) is 5.25. The molecule has 10 heteroatoms. The van der Waals surface area contributed by atoms with Crippen molar-refractivity contribution in [1.82, 2.24) is 10.2 Å². The quantitative estimate of drug-likeness (QED) is 0.932. The Morgan fingerprint density at radius 2 is 2.05 bits per heavy atom. The van der Waals surface area contributed by atoms with Gasteiger partial charge in [-0.15, -0.1) is 5.10 Å². The molecule has 0 saturated heterocycles. The molecule has 0 aliphatic heterocycles. The van der Waals surface area contributed by atoms with E-state index in [2.05, 4.69) is 10.2 Å². The van der Waals surface area contributed by atoms with Crippen LogP contribution in [0.25, 0.3) is 0 Å². The van der Waals surface area contributed by atoms with Gasteiger partial charge in [-0.05, 0) is 18.2 Å². The first-order valence-electron chi connectivity index (χ1n) is 4.89. The smallest absolute Gasteiger partial charge is 0.445 e. The van der Waals surface area contributed by atoms with Crippen LogP contribution in [0, 0.1) is 0 Å². The van der Waals surface area contributed by atoms with Crippen molar-refractivity contribution in [3.05, 3.63) is 33.8 Å². The van der Waals surface area contributed by atoms with E-state index in [1.807, 2.05) is 0 Å². The SMILES string of the molecule is O=C(O)c1cc(Cl)ccc1Oc1nnc(C(F)(F)F)s1. The summed E-state index contributed by atoms with van der Waals surface area (Å²) in [6.07, 6.45) is -4.63. The minimum atomic E-state index is -4.63. The van der Waals surface area contributed by atoms with Crippen molar-refractivity contribution >= 4 is 28.9 Å². The normalized spacial score (nSPS) is 11.4. The summed E-state index contributed by atoms with van der Waals surface area (Å²) in [6.45, 7) is 0. The topological polar surface area (TPSA) is 72.3 Å². The molecule has 0 amide bonds. The van der Waals surface area contributed by atoms with E-state index in [-0.39, 0.29) is 27.7 Å². The van der Waals surface area contributed by atoms with Crippen molar-refractivity contribution in [2.24, 2.45) is 0 Å². The lowest BCUT2D eigenvalue weighted by atomic mass is 10.2. The van der Waals surface area contributed by atoms with Gasteiger partial charge in [0.15, 0.2) is 0 Å².